The van der Waals surface area contributed by atoms with Gasteiger partial charge >= 0.3 is 0 Å². The molecule has 0 atom stereocenters. The van der Waals surface area contributed by atoms with Gasteiger partial charge in [0.2, 0.25) is 0 Å². The Kier molecular flexibility index (Phi) is 3.90. The number of thiocarbonyl (C=S) groups is 2. The van der Waals surface area contributed by atoms with Gasteiger partial charge in [-0.3, -0.25) is 0 Å². The van der Waals surface area contributed by atoms with E-state index in [4.69, 9.17) is 29.4 Å². The van der Waals surface area contributed by atoms with E-state index in [0.29, 0.717) is 0 Å². The maximum atomic E-state index is 5.67. The van der Waals surface area contributed by atoms with Crippen molar-refractivity contribution in [3.63, 3.8) is 0 Å². The molecule has 1 aliphatic rings. The van der Waals surface area contributed by atoms with Gasteiger partial charge in [0, 0.05) is 34.2 Å². The molecule has 2 aromatic heterocycles. The molecule has 0 saturated carbocycles. The molecule has 2 aromatic carbocycles. The molecule has 0 amide bonds. The summed E-state index contributed by atoms with van der Waals surface area (Å²) in [6.45, 7) is 0. The summed E-state index contributed by atoms with van der Waals surface area (Å²) in [6, 6.07) is 20.5. The van der Waals surface area contributed by atoms with Gasteiger partial charge in [0.05, 0.1) is 15.2 Å². The Balaban J connectivity index is 1.57. The van der Waals surface area contributed by atoms with Gasteiger partial charge in [-0.1, -0.05) is 79.0 Å². The van der Waals surface area contributed by atoms with Crippen molar-refractivity contribution < 1.29 is 0 Å². The summed E-state index contributed by atoms with van der Waals surface area (Å²) < 4.78 is 2.14. The molecule has 5 heteroatoms. The number of nitrogens with zero attached hydrogens (tertiary/aromatic N) is 2. The third kappa shape index (κ3) is 2.62. The normalized spacial score (nSPS) is 13.4. The second-order valence-corrected chi connectivity index (χ2v) is 8.34. The predicted molar refractivity (Wildman–Crippen MR) is 122 cm³/mol. The average Bonchev–Trinajstić information content (AvgIpc) is 3.31. The number of thiophene rings is 1. The van der Waals surface area contributed by atoms with E-state index in [1.54, 1.807) is 11.3 Å². The molecule has 0 aliphatic heterocycles. The zero-order valence-electron chi connectivity index (χ0n) is 14.5. The molecule has 2 heterocycles. The molecule has 0 radical (unpaired) electrons. The molecule has 4 aromatic rings. The minimum atomic E-state index is 0.839. The van der Waals surface area contributed by atoms with E-state index in [1.807, 2.05) is 42.5 Å². The van der Waals surface area contributed by atoms with Crippen LogP contribution in [-0.2, 0) is 7.05 Å². The van der Waals surface area contributed by atoms with Crippen molar-refractivity contribution in [2.75, 3.05) is 0 Å². The zero-order chi connectivity index (χ0) is 18.5. The third-order valence-electron chi connectivity index (χ3n) is 4.82. The molecule has 5 rings (SSSR count). The molecule has 0 unspecified atom stereocenters. The molecule has 2 nitrogen and oxygen atoms in total. The van der Waals surface area contributed by atoms with E-state index in [0.717, 1.165) is 53.0 Å². The number of fused-ring (bicyclic) bond motifs is 2. The van der Waals surface area contributed by atoms with Gasteiger partial charge in [-0.05, 0) is 12.1 Å². The molecule has 0 bridgehead atoms. The van der Waals surface area contributed by atoms with Crippen molar-refractivity contribution in [1.29, 1.82) is 0 Å². The highest BCUT2D eigenvalue weighted by Crippen LogP contribution is 2.34. The lowest BCUT2D eigenvalue weighted by Crippen LogP contribution is -1.97. The minimum Gasteiger partial charge on any atom is -0.326 e. The molecule has 0 saturated heterocycles. The Morgan fingerprint density at radius 3 is 2.19 bits per heavy atom. The first-order valence-electron chi connectivity index (χ1n) is 8.55. The summed E-state index contributed by atoms with van der Waals surface area (Å²) in [7, 11) is 2.06. The monoisotopic (exact) mass is 402 g/mol. The molecular formula is C22H14N2S3. The van der Waals surface area contributed by atoms with E-state index in [1.165, 1.54) is 0 Å². The Hall–Kier alpha value is -2.47. The first kappa shape index (κ1) is 16.7. The zero-order valence-corrected chi connectivity index (χ0v) is 16.9. The van der Waals surface area contributed by atoms with Crippen LogP contribution in [0.2, 0.25) is 0 Å². The quantitative estimate of drug-likeness (QED) is 0.310. The average molecular weight is 403 g/mol. The number of hydrogen-bond donors (Lipinski definition) is 0. The maximum Gasteiger partial charge on any atom is 0.142 e. The molecule has 27 heavy (non-hydrogen) atoms. The number of allylic oxidation sites excluding steroid dienone is 1. The molecule has 0 fully saturated rings. The van der Waals surface area contributed by atoms with Crippen molar-refractivity contribution in [3.05, 3.63) is 82.2 Å². The molecule has 1 aliphatic carbocycles. The summed E-state index contributed by atoms with van der Waals surface area (Å²) in [5, 5.41) is 0. The molecule has 0 N–H and O–H groups in total. The Morgan fingerprint density at radius 1 is 0.926 bits per heavy atom. The van der Waals surface area contributed by atoms with Gasteiger partial charge in [0.25, 0.3) is 0 Å². The fourth-order valence-corrected chi connectivity index (χ4v) is 5.20. The lowest BCUT2D eigenvalue weighted by Gasteiger charge is -2.01. The van der Waals surface area contributed by atoms with Crippen LogP contribution in [0.5, 0.6) is 0 Å². The van der Waals surface area contributed by atoms with Crippen LogP contribution in [-0.4, -0.2) is 19.3 Å². The first-order valence-corrected chi connectivity index (χ1v) is 10.2. The van der Waals surface area contributed by atoms with E-state index in [-0.39, 0.29) is 0 Å². The second kappa shape index (κ2) is 6.30. The maximum absolute atomic E-state index is 5.67. The van der Waals surface area contributed by atoms with Gasteiger partial charge in [-0.2, -0.15) is 0 Å². The van der Waals surface area contributed by atoms with Crippen molar-refractivity contribution >= 4 is 61.9 Å². The Bertz CT molecular complexity index is 1220. The lowest BCUT2D eigenvalue weighted by atomic mass is 10.1. The second-order valence-electron chi connectivity index (χ2n) is 6.46. The van der Waals surface area contributed by atoms with Gasteiger partial charge < -0.3 is 4.57 Å². The van der Waals surface area contributed by atoms with Crippen LogP contribution in [0.1, 0.15) is 16.0 Å². The highest BCUT2D eigenvalue weighted by atomic mass is 32.1. The topological polar surface area (TPSA) is 17.8 Å². The van der Waals surface area contributed by atoms with Crippen LogP contribution >= 0.6 is 35.8 Å². The SMILES string of the molecule is Cn1c(-c2ccccc2)nc2sc(C=C3C(=S)c4ccccc4C3=S)cc21. The number of benzene rings is 2. The van der Waals surface area contributed by atoms with Gasteiger partial charge in [-0.25, -0.2) is 4.98 Å². The fraction of sp³-hybridized carbons (Fsp3) is 0.0455. The summed E-state index contributed by atoms with van der Waals surface area (Å²) >= 11 is 13.0. The lowest BCUT2D eigenvalue weighted by molar-refractivity contribution is 0.959. The molecule has 0 spiro atoms. The molecule has 130 valence electrons. The number of aromatic nitrogens is 2. The van der Waals surface area contributed by atoms with Crippen LogP contribution < -0.4 is 0 Å². The Labute approximate surface area is 171 Å². The highest BCUT2D eigenvalue weighted by Gasteiger charge is 2.26. The van der Waals surface area contributed by atoms with Crippen molar-refractivity contribution in [2.24, 2.45) is 7.05 Å². The summed E-state index contributed by atoms with van der Waals surface area (Å²) in [6.07, 6.45) is 2.11. The van der Waals surface area contributed by atoms with Crippen LogP contribution in [0, 0.1) is 0 Å². The van der Waals surface area contributed by atoms with Crippen molar-refractivity contribution in [3.8, 4) is 11.4 Å². The first-order chi connectivity index (χ1) is 13.1. The van der Waals surface area contributed by atoms with Crippen LogP contribution in [0.25, 0.3) is 27.8 Å². The largest absolute Gasteiger partial charge is 0.326 e. The summed E-state index contributed by atoms with van der Waals surface area (Å²) in [5.74, 6) is 0.982. The van der Waals surface area contributed by atoms with E-state index >= 15 is 0 Å². The predicted octanol–water partition coefficient (Wildman–Crippen LogP) is 5.84. The van der Waals surface area contributed by atoms with E-state index < -0.39 is 0 Å². The fourth-order valence-electron chi connectivity index (χ4n) is 3.46. The van der Waals surface area contributed by atoms with E-state index in [9.17, 15) is 0 Å². The molecular weight excluding hydrogens is 388 g/mol. The third-order valence-corrected chi connectivity index (χ3v) is 6.67. The number of aryl methyl sites for hydroxylation is 1. The smallest absolute Gasteiger partial charge is 0.142 e. The number of rotatable bonds is 2. The minimum absolute atomic E-state index is 0.839. The van der Waals surface area contributed by atoms with Gasteiger partial charge in [0.1, 0.15) is 10.7 Å². The standard InChI is InChI=1S/C22H14N2S3/c1-24-18-12-14(27-22(18)23-21(24)13-7-3-2-4-8-13)11-17-19(25)15-9-5-6-10-16(15)20(17)26/h2-12H,1H3. The Morgan fingerprint density at radius 2 is 1.56 bits per heavy atom. The number of hydrogen-bond acceptors (Lipinski definition) is 4. The highest BCUT2D eigenvalue weighted by molar-refractivity contribution is 7.84. The summed E-state index contributed by atoms with van der Waals surface area (Å²) in [5.41, 5.74) is 5.34. The van der Waals surface area contributed by atoms with Crippen molar-refractivity contribution in [1.82, 2.24) is 9.55 Å². The van der Waals surface area contributed by atoms with E-state index in [2.05, 4.69) is 35.9 Å². The van der Waals surface area contributed by atoms with Crippen LogP contribution in [0.4, 0.5) is 0 Å². The van der Waals surface area contributed by atoms with Crippen LogP contribution in [0.15, 0.2) is 66.2 Å². The summed E-state index contributed by atoms with van der Waals surface area (Å²) in [4.78, 5) is 8.66. The van der Waals surface area contributed by atoms with Crippen molar-refractivity contribution in [2.45, 2.75) is 0 Å². The van der Waals surface area contributed by atoms with Crippen LogP contribution in [0.3, 0.4) is 0 Å². The van der Waals surface area contributed by atoms with Gasteiger partial charge in [-0.15, -0.1) is 11.3 Å². The van der Waals surface area contributed by atoms with Gasteiger partial charge in [0.15, 0.2) is 0 Å². The number of imidazole rings is 1.